The summed E-state index contributed by atoms with van der Waals surface area (Å²) in [6.07, 6.45) is -0.675. The van der Waals surface area contributed by atoms with E-state index in [1.807, 2.05) is 13.8 Å². The third-order valence-corrected chi connectivity index (χ3v) is 1.45. The maximum atomic E-state index is 9.13. The third-order valence-electron chi connectivity index (χ3n) is 1.45. The highest BCUT2D eigenvalue weighted by Gasteiger charge is 2.32. The van der Waals surface area contributed by atoms with Gasteiger partial charge in [0.2, 0.25) is 0 Å². The van der Waals surface area contributed by atoms with E-state index in [9.17, 15) is 0 Å². The summed E-state index contributed by atoms with van der Waals surface area (Å²) >= 11 is 0. The lowest BCUT2D eigenvalue weighted by molar-refractivity contribution is -0.272. The van der Waals surface area contributed by atoms with E-state index in [0.29, 0.717) is 6.61 Å². The molecule has 1 rings (SSSR count). The van der Waals surface area contributed by atoms with Crippen LogP contribution in [0.5, 0.6) is 0 Å². The summed E-state index contributed by atoms with van der Waals surface area (Å²) in [4.78, 5) is 0. The topological polar surface area (TPSA) is 38.7 Å². The number of hydrogen-bond acceptors (Lipinski definition) is 3. The monoisotopic (exact) mass is 132 g/mol. The van der Waals surface area contributed by atoms with E-state index in [4.69, 9.17) is 14.6 Å². The zero-order valence-electron chi connectivity index (χ0n) is 5.76. The Morgan fingerprint density at radius 2 is 2.22 bits per heavy atom. The molecule has 1 fully saturated rings. The van der Waals surface area contributed by atoms with E-state index in [1.165, 1.54) is 0 Å². The molecule has 54 valence electrons. The molecule has 3 heteroatoms. The van der Waals surface area contributed by atoms with Gasteiger partial charge in [0.05, 0.1) is 6.61 Å². The first kappa shape index (κ1) is 6.99. The largest absolute Gasteiger partial charge is 0.367 e. The molecule has 1 aliphatic heterocycles. The van der Waals surface area contributed by atoms with Gasteiger partial charge in [0, 0.05) is 5.41 Å². The summed E-state index contributed by atoms with van der Waals surface area (Å²) in [5, 5.41) is 9.13. The lowest BCUT2D eigenvalue weighted by atomic mass is 9.94. The summed E-state index contributed by atoms with van der Waals surface area (Å²) in [6.45, 7) is 4.58. The summed E-state index contributed by atoms with van der Waals surface area (Å²) < 4.78 is 9.80. The lowest BCUT2D eigenvalue weighted by Crippen LogP contribution is -2.41. The molecule has 1 atom stereocenters. The Kier molecular flexibility index (Phi) is 1.75. The number of rotatable bonds is 0. The Bertz CT molecular complexity index is 100. The zero-order valence-corrected chi connectivity index (χ0v) is 5.76. The Morgan fingerprint density at radius 1 is 1.56 bits per heavy atom. The van der Waals surface area contributed by atoms with Gasteiger partial charge in [0.15, 0.2) is 6.29 Å². The quantitative estimate of drug-likeness (QED) is 0.516. The second-order valence-corrected chi connectivity index (χ2v) is 2.97. The lowest BCUT2D eigenvalue weighted by Gasteiger charge is -2.34. The fourth-order valence-electron chi connectivity index (χ4n) is 0.714. The minimum Gasteiger partial charge on any atom is -0.367 e. The molecule has 0 aliphatic carbocycles. The molecule has 1 saturated heterocycles. The van der Waals surface area contributed by atoms with Gasteiger partial charge < -0.3 is 14.6 Å². The molecular formula is C6H12O3. The van der Waals surface area contributed by atoms with E-state index in [-0.39, 0.29) is 12.2 Å². The van der Waals surface area contributed by atoms with Gasteiger partial charge in [-0.05, 0) is 0 Å². The van der Waals surface area contributed by atoms with Crippen molar-refractivity contribution in [3.05, 3.63) is 0 Å². The van der Waals surface area contributed by atoms with Crippen LogP contribution in [0.15, 0.2) is 0 Å². The molecule has 0 saturated carbocycles. The van der Waals surface area contributed by atoms with Gasteiger partial charge in [-0.3, -0.25) is 0 Å². The van der Waals surface area contributed by atoms with Gasteiger partial charge in [-0.15, -0.1) is 0 Å². The fourth-order valence-corrected chi connectivity index (χ4v) is 0.714. The number of aliphatic hydroxyl groups is 1. The van der Waals surface area contributed by atoms with Crippen molar-refractivity contribution < 1.29 is 14.6 Å². The minimum atomic E-state index is -0.675. The molecule has 0 aromatic heterocycles. The molecule has 1 unspecified atom stereocenters. The average Bonchev–Trinajstić information content (AvgIpc) is 1.77. The zero-order chi connectivity index (χ0) is 6.91. The molecule has 0 aromatic carbocycles. The van der Waals surface area contributed by atoms with Crippen molar-refractivity contribution in [2.24, 2.45) is 5.41 Å². The summed E-state index contributed by atoms with van der Waals surface area (Å²) in [5.74, 6) is 0. The normalized spacial score (nSPS) is 34.3. The second kappa shape index (κ2) is 2.25. The molecule has 0 amide bonds. The number of aliphatic hydroxyl groups excluding tert-OH is 1. The smallest absolute Gasteiger partial charge is 0.164 e. The van der Waals surface area contributed by atoms with Crippen molar-refractivity contribution in [1.82, 2.24) is 0 Å². The summed E-state index contributed by atoms with van der Waals surface area (Å²) in [6, 6.07) is 0. The van der Waals surface area contributed by atoms with Crippen LogP contribution in [0.1, 0.15) is 13.8 Å². The fraction of sp³-hybridized carbons (Fsp3) is 1.00. The molecule has 0 radical (unpaired) electrons. The standard InChI is InChI=1S/C6H12O3/c1-6(2)3-8-4-9-5(6)7/h5,7H,3-4H2,1-2H3. The maximum absolute atomic E-state index is 9.13. The summed E-state index contributed by atoms with van der Waals surface area (Å²) in [7, 11) is 0. The SMILES string of the molecule is CC1(C)COCOC1O. The van der Waals surface area contributed by atoms with Gasteiger partial charge in [-0.25, -0.2) is 0 Å². The van der Waals surface area contributed by atoms with Gasteiger partial charge in [0.25, 0.3) is 0 Å². The number of hydrogen-bond donors (Lipinski definition) is 1. The van der Waals surface area contributed by atoms with Crippen LogP contribution in [-0.4, -0.2) is 24.8 Å². The molecule has 1 heterocycles. The van der Waals surface area contributed by atoms with E-state index in [2.05, 4.69) is 0 Å². The predicted molar refractivity (Wildman–Crippen MR) is 31.7 cm³/mol. The van der Waals surface area contributed by atoms with E-state index in [1.54, 1.807) is 0 Å². The van der Waals surface area contributed by atoms with Crippen LogP contribution in [0.25, 0.3) is 0 Å². The van der Waals surface area contributed by atoms with E-state index < -0.39 is 6.29 Å². The molecule has 1 N–H and O–H groups in total. The predicted octanol–water partition coefficient (Wildman–Crippen LogP) is 0.335. The first-order valence-electron chi connectivity index (χ1n) is 3.00. The highest BCUT2D eigenvalue weighted by molar-refractivity contribution is 4.72. The average molecular weight is 132 g/mol. The Morgan fingerprint density at radius 3 is 2.56 bits per heavy atom. The highest BCUT2D eigenvalue weighted by atomic mass is 16.7. The Labute approximate surface area is 54.6 Å². The van der Waals surface area contributed by atoms with Crippen LogP contribution >= 0.6 is 0 Å². The van der Waals surface area contributed by atoms with Crippen molar-refractivity contribution in [3.63, 3.8) is 0 Å². The van der Waals surface area contributed by atoms with Crippen LogP contribution in [0.3, 0.4) is 0 Å². The van der Waals surface area contributed by atoms with Crippen molar-refractivity contribution >= 4 is 0 Å². The van der Waals surface area contributed by atoms with Gasteiger partial charge in [-0.2, -0.15) is 0 Å². The van der Waals surface area contributed by atoms with Crippen LogP contribution in [0, 0.1) is 5.41 Å². The minimum absolute atomic E-state index is 0.213. The van der Waals surface area contributed by atoms with Crippen LogP contribution in [0.2, 0.25) is 0 Å². The Balaban J connectivity index is 2.49. The van der Waals surface area contributed by atoms with Crippen molar-refractivity contribution in [2.45, 2.75) is 20.1 Å². The van der Waals surface area contributed by atoms with Crippen LogP contribution in [-0.2, 0) is 9.47 Å². The first-order valence-corrected chi connectivity index (χ1v) is 3.00. The van der Waals surface area contributed by atoms with Crippen molar-refractivity contribution in [1.29, 1.82) is 0 Å². The molecule has 9 heavy (non-hydrogen) atoms. The Hall–Kier alpha value is -0.120. The molecule has 0 spiro atoms. The van der Waals surface area contributed by atoms with E-state index in [0.717, 1.165) is 0 Å². The van der Waals surface area contributed by atoms with Crippen LogP contribution in [0.4, 0.5) is 0 Å². The molecule has 1 aliphatic rings. The molecule has 3 nitrogen and oxygen atoms in total. The highest BCUT2D eigenvalue weighted by Crippen LogP contribution is 2.24. The maximum Gasteiger partial charge on any atom is 0.164 e. The van der Waals surface area contributed by atoms with Gasteiger partial charge in [0.1, 0.15) is 6.79 Å². The van der Waals surface area contributed by atoms with Crippen molar-refractivity contribution in [2.75, 3.05) is 13.4 Å². The second-order valence-electron chi connectivity index (χ2n) is 2.97. The molecule has 0 aromatic rings. The molecular weight excluding hydrogens is 120 g/mol. The third kappa shape index (κ3) is 1.41. The van der Waals surface area contributed by atoms with Crippen molar-refractivity contribution in [3.8, 4) is 0 Å². The van der Waals surface area contributed by atoms with Crippen LogP contribution < -0.4 is 0 Å². The first-order chi connectivity index (χ1) is 4.13. The van der Waals surface area contributed by atoms with E-state index >= 15 is 0 Å². The summed E-state index contributed by atoms with van der Waals surface area (Å²) in [5.41, 5.74) is -0.252. The van der Waals surface area contributed by atoms with Gasteiger partial charge >= 0.3 is 0 Å². The number of ether oxygens (including phenoxy) is 2. The molecule has 0 bridgehead atoms. The van der Waals surface area contributed by atoms with Gasteiger partial charge in [-0.1, -0.05) is 13.8 Å².